The van der Waals surface area contributed by atoms with Gasteiger partial charge in [0.2, 0.25) is 0 Å². The van der Waals surface area contributed by atoms with Crippen molar-refractivity contribution in [3.05, 3.63) is 34.9 Å². The molecule has 0 aliphatic rings. The summed E-state index contributed by atoms with van der Waals surface area (Å²) in [5.74, 6) is 0. The largest absolute Gasteiger partial charge is 0.353 e. The lowest BCUT2D eigenvalue weighted by Crippen LogP contribution is -2.28. The molecule has 1 aromatic rings. The van der Waals surface area contributed by atoms with E-state index in [2.05, 4.69) is 24.9 Å². The first-order valence-electron chi connectivity index (χ1n) is 7.27. The Morgan fingerprint density at radius 3 is 2.40 bits per heavy atom. The molecule has 20 heavy (non-hydrogen) atoms. The molecule has 0 fully saturated rings. The van der Waals surface area contributed by atoms with E-state index in [4.69, 9.17) is 21.1 Å². The van der Waals surface area contributed by atoms with Crippen LogP contribution in [0.3, 0.4) is 0 Å². The molecule has 0 aliphatic heterocycles. The third-order valence-corrected chi connectivity index (χ3v) is 3.65. The van der Waals surface area contributed by atoms with Gasteiger partial charge in [-0.05, 0) is 45.5 Å². The van der Waals surface area contributed by atoms with E-state index in [0.717, 1.165) is 18.0 Å². The van der Waals surface area contributed by atoms with Crippen LogP contribution in [0.4, 0.5) is 0 Å². The molecule has 114 valence electrons. The maximum atomic E-state index is 6.05. The first-order valence-corrected chi connectivity index (χ1v) is 7.65. The topological polar surface area (TPSA) is 21.7 Å². The Bertz CT molecular complexity index is 380. The van der Waals surface area contributed by atoms with Gasteiger partial charge in [0, 0.05) is 37.2 Å². The monoisotopic (exact) mass is 299 g/mol. The maximum absolute atomic E-state index is 6.05. The zero-order valence-electron chi connectivity index (χ0n) is 12.9. The van der Waals surface area contributed by atoms with Crippen LogP contribution >= 0.6 is 11.6 Å². The van der Waals surface area contributed by atoms with Crippen LogP contribution < -0.4 is 0 Å². The van der Waals surface area contributed by atoms with Crippen LogP contribution in [0.25, 0.3) is 0 Å². The molecule has 4 heteroatoms. The van der Waals surface area contributed by atoms with Gasteiger partial charge in [-0.25, -0.2) is 0 Å². The van der Waals surface area contributed by atoms with E-state index in [9.17, 15) is 0 Å². The molecule has 0 spiro atoms. The molecule has 0 bridgehead atoms. The van der Waals surface area contributed by atoms with Crippen molar-refractivity contribution in [3.63, 3.8) is 0 Å². The maximum Gasteiger partial charge on any atom is 0.158 e. The Kier molecular flexibility index (Phi) is 8.15. The van der Waals surface area contributed by atoms with Gasteiger partial charge < -0.3 is 9.47 Å². The van der Waals surface area contributed by atoms with E-state index in [-0.39, 0.29) is 6.29 Å². The summed E-state index contributed by atoms with van der Waals surface area (Å²) in [4.78, 5) is 2.29. The van der Waals surface area contributed by atoms with E-state index in [1.807, 2.05) is 32.0 Å². The number of nitrogens with zero attached hydrogens (tertiary/aromatic N) is 1. The van der Waals surface area contributed by atoms with Gasteiger partial charge in [0.1, 0.15) is 0 Å². The van der Waals surface area contributed by atoms with Crippen molar-refractivity contribution >= 4 is 11.6 Å². The van der Waals surface area contributed by atoms with E-state index >= 15 is 0 Å². The van der Waals surface area contributed by atoms with E-state index in [0.29, 0.717) is 19.3 Å². The number of rotatable bonds is 9. The molecule has 1 aromatic carbocycles. The second-order valence-electron chi connectivity index (χ2n) is 4.84. The minimum Gasteiger partial charge on any atom is -0.353 e. The summed E-state index contributed by atoms with van der Waals surface area (Å²) in [6.45, 7) is 8.44. The molecule has 0 amide bonds. The number of ether oxygens (including phenoxy) is 2. The van der Waals surface area contributed by atoms with Crippen LogP contribution in [-0.4, -0.2) is 38.0 Å². The lowest BCUT2D eigenvalue weighted by Gasteiger charge is -2.27. The average Bonchev–Trinajstić information content (AvgIpc) is 2.44. The Morgan fingerprint density at radius 2 is 1.85 bits per heavy atom. The van der Waals surface area contributed by atoms with E-state index in [1.165, 1.54) is 5.56 Å². The van der Waals surface area contributed by atoms with Crippen molar-refractivity contribution in [2.24, 2.45) is 0 Å². The van der Waals surface area contributed by atoms with Crippen molar-refractivity contribution in [1.29, 1.82) is 0 Å². The highest BCUT2D eigenvalue weighted by Crippen LogP contribution is 2.22. The van der Waals surface area contributed by atoms with Gasteiger partial charge in [-0.3, -0.25) is 4.90 Å². The fourth-order valence-electron chi connectivity index (χ4n) is 2.11. The summed E-state index contributed by atoms with van der Waals surface area (Å²) in [5, 5.41) is 0.782. The number of hydrogen-bond acceptors (Lipinski definition) is 3. The molecule has 1 unspecified atom stereocenters. The SMILES string of the molecule is CCOC(CCN(C)C(C)c1cccc(Cl)c1)OCC. The summed E-state index contributed by atoms with van der Waals surface area (Å²) in [5.41, 5.74) is 1.23. The van der Waals surface area contributed by atoms with Crippen molar-refractivity contribution in [2.45, 2.75) is 39.5 Å². The summed E-state index contributed by atoms with van der Waals surface area (Å²) >= 11 is 6.05. The molecule has 1 atom stereocenters. The minimum absolute atomic E-state index is 0.112. The first kappa shape index (κ1) is 17.4. The third kappa shape index (κ3) is 5.80. The second kappa shape index (κ2) is 9.35. The van der Waals surface area contributed by atoms with Gasteiger partial charge in [0.15, 0.2) is 6.29 Å². The fourth-order valence-corrected chi connectivity index (χ4v) is 2.31. The molecule has 0 radical (unpaired) electrons. The lowest BCUT2D eigenvalue weighted by atomic mass is 10.1. The Balaban J connectivity index is 2.50. The molecule has 0 saturated heterocycles. The highest BCUT2D eigenvalue weighted by Gasteiger charge is 2.15. The first-order chi connectivity index (χ1) is 9.58. The molecule has 0 heterocycles. The molecular formula is C16H26ClNO2. The smallest absolute Gasteiger partial charge is 0.158 e. The van der Waals surface area contributed by atoms with Crippen LogP contribution in [0.5, 0.6) is 0 Å². The normalized spacial score (nSPS) is 13.2. The minimum atomic E-state index is -0.112. The summed E-state index contributed by atoms with van der Waals surface area (Å²) in [7, 11) is 2.11. The summed E-state index contributed by atoms with van der Waals surface area (Å²) < 4.78 is 11.1. The molecule has 0 N–H and O–H groups in total. The van der Waals surface area contributed by atoms with Crippen LogP contribution in [-0.2, 0) is 9.47 Å². The standard InChI is InChI=1S/C16H26ClNO2/c1-5-19-16(20-6-2)10-11-18(4)13(3)14-8-7-9-15(17)12-14/h7-9,12-13,16H,5-6,10-11H2,1-4H3. The van der Waals surface area contributed by atoms with Crippen molar-refractivity contribution in [2.75, 3.05) is 26.8 Å². The van der Waals surface area contributed by atoms with E-state index < -0.39 is 0 Å². The number of hydrogen-bond donors (Lipinski definition) is 0. The highest BCUT2D eigenvalue weighted by atomic mass is 35.5. The average molecular weight is 300 g/mol. The van der Waals surface area contributed by atoms with Gasteiger partial charge in [0.25, 0.3) is 0 Å². The van der Waals surface area contributed by atoms with Gasteiger partial charge in [-0.1, -0.05) is 23.7 Å². The zero-order chi connectivity index (χ0) is 15.0. The summed E-state index contributed by atoms with van der Waals surface area (Å²) in [6, 6.07) is 8.34. The highest BCUT2D eigenvalue weighted by molar-refractivity contribution is 6.30. The lowest BCUT2D eigenvalue weighted by molar-refractivity contribution is -0.141. The van der Waals surface area contributed by atoms with Crippen molar-refractivity contribution < 1.29 is 9.47 Å². The molecule has 1 rings (SSSR count). The Labute approximate surface area is 127 Å². The fraction of sp³-hybridized carbons (Fsp3) is 0.625. The molecule has 0 saturated carbocycles. The predicted molar refractivity (Wildman–Crippen MR) is 84.2 cm³/mol. The third-order valence-electron chi connectivity index (χ3n) is 3.41. The van der Waals surface area contributed by atoms with E-state index in [1.54, 1.807) is 0 Å². The second-order valence-corrected chi connectivity index (χ2v) is 5.28. The van der Waals surface area contributed by atoms with Crippen LogP contribution in [0, 0.1) is 0 Å². The quantitative estimate of drug-likeness (QED) is 0.640. The van der Waals surface area contributed by atoms with Crippen LogP contribution in [0.15, 0.2) is 24.3 Å². The van der Waals surface area contributed by atoms with Gasteiger partial charge in [-0.2, -0.15) is 0 Å². The number of benzene rings is 1. The van der Waals surface area contributed by atoms with Crippen LogP contribution in [0.2, 0.25) is 5.02 Å². The summed E-state index contributed by atoms with van der Waals surface area (Å²) in [6.07, 6.45) is 0.752. The molecule has 0 aromatic heterocycles. The zero-order valence-corrected chi connectivity index (χ0v) is 13.7. The predicted octanol–water partition coefficient (Wildman–Crippen LogP) is 4.12. The molecule has 3 nitrogen and oxygen atoms in total. The molecule has 0 aliphatic carbocycles. The molecular weight excluding hydrogens is 274 g/mol. The Hall–Kier alpha value is -0.610. The Morgan fingerprint density at radius 1 is 1.20 bits per heavy atom. The van der Waals surface area contributed by atoms with Crippen molar-refractivity contribution in [3.8, 4) is 0 Å². The van der Waals surface area contributed by atoms with Gasteiger partial charge >= 0.3 is 0 Å². The number of halogens is 1. The van der Waals surface area contributed by atoms with Crippen LogP contribution in [0.1, 0.15) is 38.8 Å². The van der Waals surface area contributed by atoms with Crippen molar-refractivity contribution in [1.82, 2.24) is 4.90 Å². The van der Waals surface area contributed by atoms with Gasteiger partial charge in [0.05, 0.1) is 0 Å². The van der Waals surface area contributed by atoms with Gasteiger partial charge in [-0.15, -0.1) is 0 Å².